The molecule has 0 atom stereocenters. The van der Waals surface area contributed by atoms with E-state index in [1.807, 2.05) is 43.3 Å². The fourth-order valence-corrected chi connectivity index (χ4v) is 3.78. The van der Waals surface area contributed by atoms with Crippen LogP contribution in [0.1, 0.15) is 18.1 Å². The van der Waals surface area contributed by atoms with Crippen LogP contribution >= 0.6 is 0 Å². The number of carbonyl (C=O) groups excluding carboxylic acids is 2. The molecule has 9 heteroatoms. The zero-order chi connectivity index (χ0) is 24.1. The highest BCUT2D eigenvalue weighted by atomic mass is 16.8. The molecule has 0 saturated carbocycles. The summed E-state index contributed by atoms with van der Waals surface area (Å²) >= 11 is 0. The molecule has 1 amide bonds. The average molecular weight is 465 g/mol. The molecule has 0 bridgehead atoms. The molecule has 3 aromatic rings. The minimum Gasteiger partial charge on any atom is -0.445 e. The number of nitrogens with zero attached hydrogens (tertiary/aromatic N) is 3. The van der Waals surface area contributed by atoms with Crippen LogP contribution in [0, 0.1) is 0 Å². The van der Waals surface area contributed by atoms with Crippen molar-refractivity contribution < 1.29 is 23.9 Å². The van der Waals surface area contributed by atoms with E-state index in [0.717, 1.165) is 40.5 Å². The Morgan fingerprint density at radius 1 is 1.03 bits per heavy atom. The Kier molecular flexibility index (Phi) is 7.24. The Balaban J connectivity index is 1.43. The molecule has 9 nitrogen and oxygen atoms in total. The van der Waals surface area contributed by atoms with E-state index in [4.69, 9.17) is 14.3 Å². The number of H-pyrrole nitrogens is 1. The summed E-state index contributed by atoms with van der Waals surface area (Å²) in [5, 5.41) is 8.50. The molecular weight excluding hydrogens is 436 g/mol. The lowest BCUT2D eigenvalue weighted by molar-refractivity contribution is -0.141. The number of hydroxylamine groups is 1. The number of aromatic nitrogens is 2. The lowest BCUT2D eigenvalue weighted by atomic mass is 10.1. The van der Waals surface area contributed by atoms with Crippen LogP contribution in [0.4, 0.5) is 10.5 Å². The van der Waals surface area contributed by atoms with Crippen LogP contribution in [-0.4, -0.2) is 67.6 Å². The quantitative estimate of drug-likeness (QED) is 0.314. The Morgan fingerprint density at radius 2 is 1.79 bits per heavy atom. The van der Waals surface area contributed by atoms with E-state index in [2.05, 4.69) is 22.3 Å². The molecule has 1 aliphatic carbocycles. The van der Waals surface area contributed by atoms with Crippen molar-refractivity contribution in [1.82, 2.24) is 15.1 Å². The normalized spacial score (nSPS) is 11.8. The number of rotatable bonds is 8. The summed E-state index contributed by atoms with van der Waals surface area (Å²) in [6, 6.07) is 15.3. The average Bonchev–Trinajstić information content (AvgIpc) is 3.39. The maximum Gasteiger partial charge on any atom is 0.448 e. The van der Waals surface area contributed by atoms with Crippen LogP contribution in [0.3, 0.4) is 0 Å². The zero-order valence-electron chi connectivity index (χ0n) is 19.5. The van der Waals surface area contributed by atoms with Crippen molar-refractivity contribution in [3.05, 3.63) is 59.7 Å². The van der Waals surface area contributed by atoms with E-state index in [1.165, 1.54) is 18.1 Å². The van der Waals surface area contributed by atoms with E-state index < -0.39 is 12.1 Å². The molecule has 0 radical (unpaired) electrons. The van der Waals surface area contributed by atoms with E-state index in [-0.39, 0.29) is 13.2 Å². The molecule has 0 aliphatic heterocycles. The number of benzene rings is 2. The van der Waals surface area contributed by atoms with Gasteiger partial charge < -0.3 is 19.2 Å². The number of ether oxygens (including phenoxy) is 2. The van der Waals surface area contributed by atoms with Gasteiger partial charge in [-0.3, -0.25) is 5.10 Å². The van der Waals surface area contributed by atoms with Crippen molar-refractivity contribution in [2.75, 3.05) is 45.5 Å². The largest absolute Gasteiger partial charge is 0.448 e. The topological polar surface area (TPSA) is 97.0 Å². The molecule has 0 saturated heterocycles. The predicted molar refractivity (Wildman–Crippen MR) is 127 cm³/mol. The highest BCUT2D eigenvalue weighted by Gasteiger charge is 2.25. The summed E-state index contributed by atoms with van der Waals surface area (Å²) in [5.41, 5.74) is 6.72. The molecule has 0 fully saturated rings. The molecule has 2 aromatic carbocycles. The van der Waals surface area contributed by atoms with Gasteiger partial charge in [-0.1, -0.05) is 36.4 Å². The van der Waals surface area contributed by atoms with Gasteiger partial charge in [0.25, 0.3) is 0 Å². The van der Waals surface area contributed by atoms with Gasteiger partial charge in [0.2, 0.25) is 0 Å². The van der Waals surface area contributed by atoms with Crippen molar-refractivity contribution in [2.24, 2.45) is 0 Å². The van der Waals surface area contributed by atoms with E-state index in [9.17, 15) is 9.59 Å². The third-order valence-electron chi connectivity index (χ3n) is 5.42. The van der Waals surface area contributed by atoms with Gasteiger partial charge in [-0.25, -0.2) is 9.59 Å². The van der Waals surface area contributed by atoms with Crippen molar-refractivity contribution in [2.45, 2.75) is 13.3 Å². The fourth-order valence-electron chi connectivity index (χ4n) is 3.78. The first-order valence-electron chi connectivity index (χ1n) is 11.1. The lowest BCUT2D eigenvalue weighted by Gasteiger charge is -2.20. The Labute approximate surface area is 198 Å². The monoisotopic (exact) mass is 464 g/mol. The van der Waals surface area contributed by atoms with Gasteiger partial charge in [0.05, 0.1) is 30.3 Å². The highest BCUT2D eigenvalue weighted by molar-refractivity contribution is 5.88. The maximum absolute atomic E-state index is 12.6. The third kappa shape index (κ3) is 5.27. The first-order valence-corrected chi connectivity index (χ1v) is 11.1. The third-order valence-corrected chi connectivity index (χ3v) is 5.42. The van der Waals surface area contributed by atoms with Crippen molar-refractivity contribution in [3.63, 3.8) is 0 Å². The van der Waals surface area contributed by atoms with Gasteiger partial charge in [0, 0.05) is 36.6 Å². The first kappa shape index (κ1) is 23.5. The minimum atomic E-state index is -0.796. The molecule has 34 heavy (non-hydrogen) atoms. The molecule has 1 aromatic heterocycles. The smallest absolute Gasteiger partial charge is 0.445 e. The van der Waals surface area contributed by atoms with Gasteiger partial charge in [-0.15, -0.1) is 5.06 Å². The number of hydrogen-bond donors (Lipinski definition) is 1. The van der Waals surface area contributed by atoms with Crippen LogP contribution in [0.25, 0.3) is 22.5 Å². The molecule has 0 spiro atoms. The second-order valence-corrected chi connectivity index (χ2v) is 8.21. The van der Waals surface area contributed by atoms with Gasteiger partial charge in [0.15, 0.2) is 0 Å². The summed E-state index contributed by atoms with van der Waals surface area (Å²) < 4.78 is 10.6. The van der Waals surface area contributed by atoms with Crippen LogP contribution in [0.2, 0.25) is 0 Å². The van der Waals surface area contributed by atoms with Crippen molar-refractivity contribution in [3.8, 4) is 22.5 Å². The summed E-state index contributed by atoms with van der Waals surface area (Å²) in [6.45, 7) is 2.82. The molecular formula is C25H28N4O5. The summed E-state index contributed by atoms with van der Waals surface area (Å²) in [5.74, 6) is -0.633. The number of aromatic amines is 1. The second kappa shape index (κ2) is 10.5. The number of anilines is 1. The van der Waals surface area contributed by atoms with Crippen LogP contribution in [0.15, 0.2) is 48.5 Å². The van der Waals surface area contributed by atoms with Crippen LogP contribution in [0.5, 0.6) is 0 Å². The predicted octanol–water partition coefficient (Wildman–Crippen LogP) is 3.65. The summed E-state index contributed by atoms with van der Waals surface area (Å²) in [7, 11) is 3.90. The first-order chi connectivity index (χ1) is 16.4. The Bertz CT molecular complexity index is 1160. The number of hydrogen-bond acceptors (Lipinski definition) is 7. The second-order valence-electron chi connectivity index (χ2n) is 8.21. The zero-order valence-corrected chi connectivity index (χ0v) is 19.5. The number of likely N-dealkylation sites (N-methyl/N-ethyl adjacent to an activating group) is 1. The minimum absolute atomic E-state index is 0.0437. The summed E-state index contributed by atoms with van der Waals surface area (Å²) in [6.07, 6.45) is 0.0111. The molecule has 4 rings (SSSR count). The number of carbonyl (C=O) groups is 2. The molecule has 0 unspecified atom stereocenters. The fraction of sp³-hybridized carbons (Fsp3) is 0.320. The maximum atomic E-state index is 12.6. The van der Waals surface area contributed by atoms with Crippen molar-refractivity contribution >= 4 is 17.7 Å². The summed E-state index contributed by atoms with van der Waals surface area (Å²) in [4.78, 5) is 31.2. The van der Waals surface area contributed by atoms with Gasteiger partial charge >= 0.3 is 12.1 Å². The number of nitrogens with one attached hydrogen (secondary N) is 1. The molecule has 1 aliphatic rings. The van der Waals surface area contributed by atoms with Crippen molar-refractivity contribution in [1.29, 1.82) is 0 Å². The lowest BCUT2D eigenvalue weighted by Crippen LogP contribution is -2.34. The van der Waals surface area contributed by atoms with E-state index in [1.54, 1.807) is 12.1 Å². The number of fused-ring (bicyclic) bond motifs is 3. The molecule has 1 N–H and O–H groups in total. The molecule has 1 heterocycles. The van der Waals surface area contributed by atoms with Gasteiger partial charge in [-0.2, -0.15) is 5.10 Å². The van der Waals surface area contributed by atoms with Gasteiger partial charge in [0.1, 0.15) is 6.61 Å². The van der Waals surface area contributed by atoms with Crippen LogP contribution < -0.4 is 5.06 Å². The van der Waals surface area contributed by atoms with E-state index >= 15 is 0 Å². The standard InChI is InChI=1S/C25H28N4O5/c1-17(30)34-29(25(31)33-15-14-32-13-12-28(2)3)20-10-8-18(9-11-20)23-22-16-19-6-4-5-7-21(19)24(22)27-26-23/h4-11H,12-16H2,1-3H3,(H,26,27). The number of amides is 1. The Morgan fingerprint density at radius 3 is 2.53 bits per heavy atom. The Hall–Kier alpha value is -3.69. The van der Waals surface area contributed by atoms with E-state index in [0.29, 0.717) is 12.3 Å². The SMILES string of the molecule is CC(=O)ON(C(=O)OCCOCCN(C)C)c1ccc(-c2n[nH]c3c2Cc2ccccc2-3)cc1. The van der Waals surface area contributed by atoms with Gasteiger partial charge in [-0.05, 0) is 31.8 Å². The van der Waals surface area contributed by atoms with Crippen LogP contribution in [-0.2, 0) is 25.5 Å². The molecule has 178 valence electrons. The highest BCUT2D eigenvalue weighted by Crippen LogP contribution is 2.40.